The molecule has 2 heteroatoms. The Labute approximate surface area is 98.3 Å². The zero-order valence-electron chi connectivity index (χ0n) is 10.4. The lowest BCUT2D eigenvalue weighted by Crippen LogP contribution is -2.19. The van der Waals surface area contributed by atoms with Crippen LogP contribution in [0.3, 0.4) is 0 Å². The molecule has 16 heavy (non-hydrogen) atoms. The molecule has 0 aliphatic carbocycles. The van der Waals surface area contributed by atoms with E-state index in [9.17, 15) is 0 Å². The quantitative estimate of drug-likeness (QED) is 0.743. The van der Waals surface area contributed by atoms with Crippen LogP contribution in [-0.4, -0.2) is 20.2 Å². The Morgan fingerprint density at radius 1 is 1.31 bits per heavy atom. The van der Waals surface area contributed by atoms with Gasteiger partial charge in [-0.3, -0.25) is 0 Å². The molecule has 1 N–H and O–H groups in total. The van der Waals surface area contributed by atoms with Crippen LogP contribution in [0.25, 0.3) is 6.08 Å². The Morgan fingerprint density at radius 2 is 2.06 bits per heavy atom. The Balaban J connectivity index is 2.43. The number of ether oxygens (including phenoxy) is 1. The van der Waals surface area contributed by atoms with E-state index in [-0.39, 0.29) is 0 Å². The van der Waals surface area contributed by atoms with Crippen molar-refractivity contribution in [1.29, 1.82) is 0 Å². The number of nitrogens with one attached hydrogen (secondary N) is 1. The summed E-state index contributed by atoms with van der Waals surface area (Å²) in [4.78, 5) is 0. The van der Waals surface area contributed by atoms with Crippen molar-refractivity contribution in [3.05, 3.63) is 35.9 Å². The molecule has 2 nitrogen and oxygen atoms in total. The molecule has 0 radical (unpaired) electrons. The number of hydrogen-bond acceptors (Lipinski definition) is 2. The number of hydrogen-bond donors (Lipinski definition) is 1. The SMILES string of the molecule is COc1ccccc1/C=C/CNCC(C)C. The second kappa shape index (κ2) is 7.07. The third-order valence-electron chi connectivity index (χ3n) is 2.25. The minimum absolute atomic E-state index is 0.694. The van der Waals surface area contributed by atoms with Gasteiger partial charge in [0.2, 0.25) is 0 Å². The molecule has 0 unspecified atom stereocenters. The normalized spacial score (nSPS) is 11.2. The Morgan fingerprint density at radius 3 is 2.75 bits per heavy atom. The molecule has 1 aromatic carbocycles. The molecule has 0 amide bonds. The predicted molar refractivity (Wildman–Crippen MR) is 69.7 cm³/mol. The molecular weight excluding hydrogens is 198 g/mol. The van der Waals surface area contributed by atoms with Crippen molar-refractivity contribution in [2.75, 3.05) is 20.2 Å². The summed E-state index contributed by atoms with van der Waals surface area (Å²) < 4.78 is 5.27. The average Bonchev–Trinajstić information content (AvgIpc) is 2.29. The van der Waals surface area contributed by atoms with E-state index in [1.165, 1.54) is 0 Å². The van der Waals surface area contributed by atoms with Crippen LogP contribution in [0.1, 0.15) is 19.4 Å². The average molecular weight is 219 g/mol. The third kappa shape index (κ3) is 4.49. The van der Waals surface area contributed by atoms with E-state index < -0.39 is 0 Å². The molecular formula is C14H21NO. The monoisotopic (exact) mass is 219 g/mol. The molecule has 88 valence electrons. The summed E-state index contributed by atoms with van der Waals surface area (Å²) in [6.07, 6.45) is 4.21. The van der Waals surface area contributed by atoms with Crippen molar-refractivity contribution in [2.24, 2.45) is 5.92 Å². The summed E-state index contributed by atoms with van der Waals surface area (Å²) >= 11 is 0. The van der Waals surface area contributed by atoms with Crippen molar-refractivity contribution >= 4 is 6.08 Å². The standard InChI is InChI=1S/C14H21NO/c1-12(2)11-15-10-6-8-13-7-4-5-9-14(13)16-3/h4-9,12,15H,10-11H2,1-3H3/b8-6+. The molecule has 0 aromatic heterocycles. The van der Waals surface area contributed by atoms with E-state index in [1.807, 2.05) is 18.2 Å². The number of methoxy groups -OCH3 is 1. The highest BCUT2D eigenvalue weighted by atomic mass is 16.5. The van der Waals surface area contributed by atoms with Gasteiger partial charge in [0.1, 0.15) is 5.75 Å². The van der Waals surface area contributed by atoms with Crippen molar-refractivity contribution in [3.63, 3.8) is 0 Å². The van der Waals surface area contributed by atoms with Gasteiger partial charge >= 0.3 is 0 Å². The van der Waals surface area contributed by atoms with Gasteiger partial charge in [-0.1, -0.05) is 44.2 Å². The van der Waals surface area contributed by atoms with E-state index in [0.717, 1.165) is 24.4 Å². The van der Waals surface area contributed by atoms with Crippen LogP contribution in [0.4, 0.5) is 0 Å². The topological polar surface area (TPSA) is 21.3 Å². The molecule has 0 saturated heterocycles. The van der Waals surface area contributed by atoms with Crippen LogP contribution in [-0.2, 0) is 0 Å². The summed E-state index contributed by atoms with van der Waals surface area (Å²) in [7, 11) is 1.70. The zero-order valence-corrected chi connectivity index (χ0v) is 10.4. The van der Waals surface area contributed by atoms with Crippen LogP contribution in [0, 0.1) is 5.92 Å². The molecule has 0 atom stereocenters. The molecule has 0 fully saturated rings. The van der Waals surface area contributed by atoms with Gasteiger partial charge in [0, 0.05) is 12.1 Å². The van der Waals surface area contributed by atoms with Gasteiger partial charge in [-0.15, -0.1) is 0 Å². The Bertz CT molecular complexity index is 331. The molecule has 0 heterocycles. The van der Waals surface area contributed by atoms with Crippen LogP contribution in [0.15, 0.2) is 30.3 Å². The van der Waals surface area contributed by atoms with Gasteiger partial charge in [0.15, 0.2) is 0 Å². The van der Waals surface area contributed by atoms with Gasteiger partial charge in [-0.25, -0.2) is 0 Å². The van der Waals surface area contributed by atoms with E-state index in [0.29, 0.717) is 5.92 Å². The largest absolute Gasteiger partial charge is 0.496 e. The molecule has 0 spiro atoms. The number of rotatable bonds is 6. The lowest BCUT2D eigenvalue weighted by Gasteiger charge is -2.05. The molecule has 0 bridgehead atoms. The minimum Gasteiger partial charge on any atom is -0.496 e. The smallest absolute Gasteiger partial charge is 0.126 e. The summed E-state index contributed by atoms with van der Waals surface area (Å²) in [5, 5.41) is 3.36. The fourth-order valence-corrected chi connectivity index (χ4v) is 1.45. The van der Waals surface area contributed by atoms with E-state index in [2.05, 4.69) is 37.4 Å². The lowest BCUT2D eigenvalue weighted by atomic mass is 10.2. The van der Waals surface area contributed by atoms with Crippen molar-refractivity contribution in [3.8, 4) is 5.75 Å². The van der Waals surface area contributed by atoms with Crippen LogP contribution < -0.4 is 10.1 Å². The first-order valence-corrected chi connectivity index (χ1v) is 5.74. The van der Waals surface area contributed by atoms with Gasteiger partial charge in [0.05, 0.1) is 7.11 Å². The van der Waals surface area contributed by atoms with E-state index in [1.54, 1.807) is 7.11 Å². The van der Waals surface area contributed by atoms with E-state index >= 15 is 0 Å². The molecule has 0 saturated carbocycles. The second-order valence-electron chi connectivity index (χ2n) is 4.20. The van der Waals surface area contributed by atoms with Crippen molar-refractivity contribution in [2.45, 2.75) is 13.8 Å². The number of benzene rings is 1. The highest BCUT2D eigenvalue weighted by Crippen LogP contribution is 2.18. The summed E-state index contributed by atoms with van der Waals surface area (Å²) in [5.74, 6) is 1.61. The highest BCUT2D eigenvalue weighted by molar-refractivity contribution is 5.57. The zero-order chi connectivity index (χ0) is 11.8. The van der Waals surface area contributed by atoms with E-state index in [4.69, 9.17) is 4.74 Å². The summed E-state index contributed by atoms with van der Waals surface area (Å²) in [6.45, 7) is 6.36. The first-order chi connectivity index (χ1) is 7.74. The number of para-hydroxylation sites is 1. The Hall–Kier alpha value is -1.28. The minimum atomic E-state index is 0.694. The first-order valence-electron chi connectivity index (χ1n) is 5.74. The predicted octanol–water partition coefficient (Wildman–Crippen LogP) is 2.95. The summed E-state index contributed by atoms with van der Waals surface area (Å²) in [6, 6.07) is 8.02. The van der Waals surface area contributed by atoms with Crippen LogP contribution in [0.2, 0.25) is 0 Å². The Kier molecular flexibility index (Phi) is 5.65. The molecule has 0 aliphatic heterocycles. The van der Waals surface area contributed by atoms with Crippen molar-refractivity contribution in [1.82, 2.24) is 5.32 Å². The van der Waals surface area contributed by atoms with Crippen LogP contribution in [0.5, 0.6) is 5.75 Å². The maximum absolute atomic E-state index is 5.27. The second-order valence-corrected chi connectivity index (χ2v) is 4.20. The highest BCUT2D eigenvalue weighted by Gasteiger charge is 1.95. The van der Waals surface area contributed by atoms with Gasteiger partial charge in [-0.05, 0) is 18.5 Å². The first kappa shape index (κ1) is 12.8. The third-order valence-corrected chi connectivity index (χ3v) is 2.25. The molecule has 1 rings (SSSR count). The van der Waals surface area contributed by atoms with Gasteiger partial charge in [-0.2, -0.15) is 0 Å². The van der Waals surface area contributed by atoms with Gasteiger partial charge in [0.25, 0.3) is 0 Å². The fraction of sp³-hybridized carbons (Fsp3) is 0.429. The summed E-state index contributed by atoms with van der Waals surface area (Å²) in [5.41, 5.74) is 1.12. The molecule has 1 aromatic rings. The lowest BCUT2D eigenvalue weighted by molar-refractivity contribution is 0.414. The van der Waals surface area contributed by atoms with Crippen molar-refractivity contribution < 1.29 is 4.74 Å². The molecule has 0 aliphatic rings. The maximum Gasteiger partial charge on any atom is 0.126 e. The van der Waals surface area contributed by atoms with Crippen LogP contribution >= 0.6 is 0 Å². The fourth-order valence-electron chi connectivity index (χ4n) is 1.45. The van der Waals surface area contributed by atoms with Gasteiger partial charge < -0.3 is 10.1 Å². The maximum atomic E-state index is 5.27.